The summed E-state index contributed by atoms with van der Waals surface area (Å²) in [5.41, 5.74) is 6.34. The van der Waals surface area contributed by atoms with E-state index >= 15 is 0 Å². The van der Waals surface area contributed by atoms with Gasteiger partial charge in [0.2, 0.25) is 5.89 Å². The predicted molar refractivity (Wildman–Crippen MR) is 81.4 cm³/mol. The van der Waals surface area contributed by atoms with Crippen molar-refractivity contribution in [2.24, 2.45) is 0 Å². The Balaban J connectivity index is 2.23. The van der Waals surface area contributed by atoms with Gasteiger partial charge in [-0.25, -0.2) is 4.98 Å². The highest BCUT2D eigenvalue weighted by Crippen LogP contribution is 2.31. The van der Waals surface area contributed by atoms with E-state index in [9.17, 15) is 0 Å². The SMILES string of the molecule is Cc1ccc(-c2nc3cc(C)cc(Br)c3o2)c(C)c1. The number of aromatic nitrogens is 1. The fourth-order valence-corrected chi connectivity index (χ4v) is 2.94. The molecule has 2 aromatic carbocycles. The monoisotopic (exact) mass is 315 g/mol. The highest BCUT2D eigenvalue weighted by Gasteiger charge is 2.13. The molecule has 1 aromatic heterocycles. The van der Waals surface area contributed by atoms with Gasteiger partial charge in [-0.2, -0.15) is 0 Å². The Morgan fingerprint density at radius 1 is 1.00 bits per heavy atom. The molecule has 0 aliphatic heterocycles. The number of nitrogens with zero attached hydrogens (tertiary/aromatic N) is 1. The summed E-state index contributed by atoms with van der Waals surface area (Å²) < 4.78 is 6.85. The van der Waals surface area contributed by atoms with Gasteiger partial charge >= 0.3 is 0 Å². The molecule has 2 nitrogen and oxygen atoms in total. The number of fused-ring (bicyclic) bond motifs is 1. The lowest BCUT2D eigenvalue weighted by Gasteiger charge is -2.01. The van der Waals surface area contributed by atoms with E-state index in [2.05, 4.69) is 59.9 Å². The molecule has 0 fully saturated rings. The molecule has 0 amide bonds. The first-order chi connectivity index (χ1) is 9.04. The second-order valence-electron chi connectivity index (χ2n) is 4.93. The molecule has 0 aliphatic rings. The zero-order valence-corrected chi connectivity index (χ0v) is 12.7. The van der Waals surface area contributed by atoms with Crippen LogP contribution in [-0.2, 0) is 0 Å². The van der Waals surface area contributed by atoms with Crippen molar-refractivity contribution in [1.29, 1.82) is 0 Å². The molecule has 96 valence electrons. The van der Waals surface area contributed by atoms with Crippen LogP contribution in [0.3, 0.4) is 0 Å². The topological polar surface area (TPSA) is 26.0 Å². The minimum Gasteiger partial charge on any atom is -0.435 e. The third-order valence-corrected chi connectivity index (χ3v) is 3.79. The van der Waals surface area contributed by atoms with E-state index in [4.69, 9.17) is 4.42 Å². The van der Waals surface area contributed by atoms with Crippen LogP contribution < -0.4 is 0 Å². The lowest BCUT2D eigenvalue weighted by atomic mass is 10.1. The molecule has 3 aromatic rings. The number of benzene rings is 2. The number of oxazole rings is 1. The Morgan fingerprint density at radius 3 is 2.53 bits per heavy atom. The Labute approximate surface area is 120 Å². The second kappa shape index (κ2) is 4.49. The van der Waals surface area contributed by atoms with Crippen LogP contribution in [0.25, 0.3) is 22.6 Å². The molecule has 0 N–H and O–H groups in total. The van der Waals surface area contributed by atoms with Gasteiger partial charge in [0.15, 0.2) is 5.58 Å². The maximum absolute atomic E-state index is 5.90. The molecule has 0 atom stereocenters. The first kappa shape index (κ1) is 12.4. The van der Waals surface area contributed by atoms with E-state index in [-0.39, 0.29) is 0 Å². The quantitative estimate of drug-likeness (QED) is 0.618. The Kier molecular flexibility index (Phi) is 2.94. The third-order valence-electron chi connectivity index (χ3n) is 3.20. The maximum atomic E-state index is 5.90. The summed E-state index contributed by atoms with van der Waals surface area (Å²) in [4.78, 5) is 4.60. The third kappa shape index (κ3) is 2.19. The van der Waals surface area contributed by atoms with Crippen LogP contribution in [-0.4, -0.2) is 4.98 Å². The van der Waals surface area contributed by atoms with Crippen molar-refractivity contribution < 1.29 is 4.42 Å². The molecule has 3 heteroatoms. The number of halogens is 1. The van der Waals surface area contributed by atoms with Crippen LogP contribution in [0.2, 0.25) is 0 Å². The molecule has 0 aliphatic carbocycles. The summed E-state index contributed by atoms with van der Waals surface area (Å²) in [6, 6.07) is 10.4. The minimum absolute atomic E-state index is 0.679. The zero-order valence-electron chi connectivity index (χ0n) is 11.1. The first-order valence-electron chi connectivity index (χ1n) is 6.19. The van der Waals surface area contributed by atoms with Gasteiger partial charge in [-0.05, 0) is 66.0 Å². The Morgan fingerprint density at radius 2 is 1.79 bits per heavy atom. The lowest BCUT2D eigenvalue weighted by molar-refractivity contribution is 0.617. The number of hydrogen-bond acceptors (Lipinski definition) is 2. The highest BCUT2D eigenvalue weighted by molar-refractivity contribution is 9.10. The molecule has 0 spiro atoms. The fraction of sp³-hybridized carbons (Fsp3) is 0.188. The summed E-state index contributed by atoms with van der Waals surface area (Å²) in [6.45, 7) is 6.22. The molecule has 0 saturated heterocycles. The standard InChI is InChI=1S/C16H14BrNO/c1-9-4-5-12(11(3)6-9)16-18-14-8-10(2)7-13(17)15(14)19-16/h4-8H,1-3H3. The van der Waals surface area contributed by atoms with E-state index in [1.165, 1.54) is 16.7 Å². The fourth-order valence-electron chi connectivity index (χ4n) is 2.29. The van der Waals surface area contributed by atoms with Gasteiger partial charge in [-0.15, -0.1) is 0 Å². The summed E-state index contributed by atoms with van der Waals surface area (Å²) in [6.07, 6.45) is 0. The molecule has 3 rings (SSSR count). The highest BCUT2D eigenvalue weighted by atomic mass is 79.9. The molecule has 0 radical (unpaired) electrons. The number of rotatable bonds is 1. The molecule has 0 unspecified atom stereocenters. The zero-order chi connectivity index (χ0) is 13.6. The average Bonchev–Trinajstić information content (AvgIpc) is 2.72. The number of aryl methyl sites for hydroxylation is 3. The first-order valence-corrected chi connectivity index (χ1v) is 6.98. The van der Waals surface area contributed by atoms with Gasteiger partial charge in [0, 0.05) is 5.56 Å². The van der Waals surface area contributed by atoms with Crippen LogP contribution in [0, 0.1) is 20.8 Å². The molecule has 0 saturated carbocycles. The van der Waals surface area contributed by atoms with Crippen LogP contribution in [0.1, 0.15) is 16.7 Å². The van der Waals surface area contributed by atoms with Crippen molar-refractivity contribution >= 4 is 27.0 Å². The summed E-state index contributed by atoms with van der Waals surface area (Å²) in [7, 11) is 0. The normalized spacial score (nSPS) is 11.2. The van der Waals surface area contributed by atoms with Crippen LogP contribution in [0.4, 0.5) is 0 Å². The van der Waals surface area contributed by atoms with Crippen LogP contribution in [0.15, 0.2) is 39.2 Å². The van der Waals surface area contributed by atoms with Crippen LogP contribution in [0.5, 0.6) is 0 Å². The molecular weight excluding hydrogens is 302 g/mol. The van der Waals surface area contributed by atoms with Gasteiger partial charge in [0.1, 0.15) is 5.52 Å². The average molecular weight is 316 g/mol. The van der Waals surface area contributed by atoms with Crippen molar-refractivity contribution in [1.82, 2.24) is 4.98 Å². The second-order valence-corrected chi connectivity index (χ2v) is 5.79. The van der Waals surface area contributed by atoms with Gasteiger partial charge in [0.25, 0.3) is 0 Å². The largest absolute Gasteiger partial charge is 0.435 e. The van der Waals surface area contributed by atoms with Gasteiger partial charge in [0.05, 0.1) is 4.47 Å². The van der Waals surface area contributed by atoms with Gasteiger partial charge < -0.3 is 4.42 Å². The summed E-state index contributed by atoms with van der Waals surface area (Å²) >= 11 is 3.53. The molecule has 19 heavy (non-hydrogen) atoms. The van der Waals surface area contributed by atoms with Gasteiger partial charge in [-0.1, -0.05) is 17.7 Å². The van der Waals surface area contributed by atoms with Crippen molar-refractivity contribution in [3.63, 3.8) is 0 Å². The molecule has 0 bridgehead atoms. The van der Waals surface area contributed by atoms with Crippen molar-refractivity contribution in [2.75, 3.05) is 0 Å². The Hall–Kier alpha value is -1.61. The predicted octanol–water partition coefficient (Wildman–Crippen LogP) is 5.18. The molecular formula is C16H14BrNO. The lowest BCUT2D eigenvalue weighted by Crippen LogP contribution is -1.84. The summed E-state index contributed by atoms with van der Waals surface area (Å²) in [5.74, 6) is 0.679. The van der Waals surface area contributed by atoms with E-state index in [1.54, 1.807) is 0 Å². The van der Waals surface area contributed by atoms with Crippen molar-refractivity contribution in [2.45, 2.75) is 20.8 Å². The van der Waals surface area contributed by atoms with E-state index in [0.29, 0.717) is 5.89 Å². The minimum atomic E-state index is 0.679. The van der Waals surface area contributed by atoms with Crippen molar-refractivity contribution in [3.8, 4) is 11.5 Å². The Bertz CT molecular complexity index is 774. The van der Waals surface area contributed by atoms with E-state index < -0.39 is 0 Å². The number of hydrogen-bond donors (Lipinski definition) is 0. The maximum Gasteiger partial charge on any atom is 0.227 e. The van der Waals surface area contributed by atoms with E-state index in [1.807, 2.05) is 12.1 Å². The van der Waals surface area contributed by atoms with E-state index in [0.717, 1.165) is 21.1 Å². The van der Waals surface area contributed by atoms with Gasteiger partial charge in [-0.3, -0.25) is 0 Å². The van der Waals surface area contributed by atoms with Crippen LogP contribution >= 0.6 is 15.9 Å². The molecule has 1 heterocycles. The summed E-state index contributed by atoms with van der Waals surface area (Å²) in [5, 5.41) is 0. The smallest absolute Gasteiger partial charge is 0.227 e. The van der Waals surface area contributed by atoms with Crippen molar-refractivity contribution in [3.05, 3.63) is 51.5 Å².